The van der Waals surface area contributed by atoms with Crippen molar-refractivity contribution in [2.75, 3.05) is 4.90 Å². The van der Waals surface area contributed by atoms with Gasteiger partial charge in [-0.3, -0.25) is 0 Å². The number of benzene rings is 7. The molecule has 62 heavy (non-hydrogen) atoms. The zero-order valence-electron chi connectivity index (χ0n) is 35.7. The standard InChI is InChI=1S/C61H51N/c1-61(2)58-20-12-11-19-56(58)57-40-38-53(41-59(57)61)62(51-34-29-47(30-35-51)43-15-7-4-8-16-43)52-36-31-49(32-37-52)55-39-33-48-17-9-10-18-54(48)60(55)50-27-25-46(26-28-50)45-23-21-44(22-24-45)42-13-5-3-6-14-42/h3-7,9-15,17-29,31-34,36,38-41,52H,8,16,30,35,37H2,1-2H3. The molecule has 0 aliphatic heterocycles. The highest BCUT2D eigenvalue weighted by Crippen LogP contribution is 2.50. The lowest BCUT2D eigenvalue weighted by atomic mass is 9.82. The molecule has 0 aromatic heterocycles. The number of nitrogens with zero attached hydrogens (tertiary/aromatic N) is 1. The fourth-order valence-corrected chi connectivity index (χ4v) is 10.5. The van der Waals surface area contributed by atoms with E-state index >= 15 is 0 Å². The van der Waals surface area contributed by atoms with Crippen LogP contribution in [0, 0.1) is 0 Å². The Morgan fingerprint density at radius 2 is 1.19 bits per heavy atom. The molecule has 0 fully saturated rings. The SMILES string of the molecule is CC1(C)c2ccccc2-c2ccc(N(C3=CC=C(C4=CC=CCC4)CC3)C3C=CC(c4ccc5ccccc5c4-c4ccc(-c5ccc(-c6ccccc6)cc5)cc4)=CC3)cc21. The molecule has 4 aliphatic carbocycles. The summed E-state index contributed by atoms with van der Waals surface area (Å²) in [5.74, 6) is 0. The monoisotopic (exact) mass is 797 g/mol. The number of rotatable bonds is 8. The topological polar surface area (TPSA) is 3.24 Å². The lowest BCUT2D eigenvalue weighted by Crippen LogP contribution is -2.34. The number of allylic oxidation sites excluding steroid dienone is 10. The average molecular weight is 798 g/mol. The van der Waals surface area contributed by atoms with Crippen LogP contribution < -0.4 is 4.90 Å². The first-order valence-corrected chi connectivity index (χ1v) is 22.5. The summed E-state index contributed by atoms with van der Waals surface area (Å²) >= 11 is 0. The van der Waals surface area contributed by atoms with Gasteiger partial charge in [0.25, 0.3) is 0 Å². The molecule has 11 rings (SSSR count). The fraction of sp³-hybridized carbons (Fsp3) is 0.148. The summed E-state index contributed by atoms with van der Waals surface area (Å²) in [5.41, 5.74) is 21.2. The number of hydrogen-bond acceptors (Lipinski definition) is 1. The van der Waals surface area contributed by atoms with Crippen molar-refractivity contribution in [3.63, 3.8) is 0 Å². The predicted molar refractivity (Wildman–Crippen MR) is 264 cm³/mol. The van der Waals surface area contributed by atoms with Crippen molar-refractivity contribution in [3.8, 4) is 44.5 Å². The molecule has 1 atom stereocenters. The fourth-order valence-electron chi connectivity index (χ4n) is 10.5. The van der Waals surface area contributed by atoms with Crippen molar-refractivity contribution in [2.45, 2.75) is 57.4 Å². The maximum Gasteiger partial charge on any atom is 0.0557 e. The van der Waals surface area contributed by atoms with Crippen LogP contribution in [0.5, 0.6) is 0 Å². The first-order chi connectivity index (χ1) is 30.5. The Bertz CT molecular complexity index is 3040. The van der Waals surface area contributed by atoms with E-state index in [-0.39, 0.29) is 11.5 Å². The third kappa shape index (κ3) is 6.83. The van der Waals surface area contributed by atoms with Crippen molar-refractivity contribution in [1.29, 1.82) is 0 Å². The first-order valence-electron chi connectivity index (χ1n) is 22.5. The number of hydrogen-bond donors (Lipinski definition) is 0. The van der Waals surface area contributed by atoms with Gasteiger partial charge < -0.3 is 4.90 Å². The van der Waals surface area contributed by atoms with E-state index in [1.54, 1.807) is 0 Å². The van der Waals surface area contributed by atoms with Gasteiger partial charge in [0.05, 0.1) is 6.04 Å². The molecule has 0 bridgehead atoms. The molecule has 0 amide bonds. The van der Waals surface area contributed by atoms with E-state index in [1.165, 1.54) is 100 Å². The molecule has 0 N–H and O–H groups in total. The summed E-state index contributed by atoms with van der Waals surface area (Å²) in [5, 5.41) is 2.54. The van der Waals surface area contributed by atoms with Gasteiger partial charge in [0.2, 0.25) is 0 Å². The van der Waals surface area contributed by atoms with Crippen molar-refractivity contribution < 1.29 is 0 Å². The van der Waals surface area contributed by atoms with Crippen LogP contribution in [-0.4, -0.2) is 6.04 Å². The lowest BCUT2D eigenvalue weighted by Gasteiger charge is -2.37. The van der Waals surface area contributed by atoms with Crippen LogP contribution in [-0.2, 0) is 5.41 Å². The zero-order chi connectivity index (χ0) is 41.6. The molecule has 300 valence electrons. The summed E-state index contributed by atoms with van der Waals surface area (Å²) in [6.07, 6.45) is 24.3. The summed E-state index contributed by atoms with van der Waals surface area (Å²) in [7, 11) is 0. The van der Waals surface area contributed by atoms with Gasteiger partial charge in [0, 0.05) is 16.8 Å². The smallest absolute Gasteiger partial charge is 0.0557 e. The number of fused-ring (bicyclic) bond motifs is 4. The Morgan fingerprint density at radius 3 is 1.90 bits per heavy atom. The third-order valence-electron chi connectivity index (χ3n) is 13.9. The van der Waals surface area contributed by atoms with Crippen LogP contribution in [0.25, 0.3) is 60.9 Å². The molecule has 0 saturated carbocycles. The van der Waals surface area contributed by atoms with Crippen LogP contribution in [0.3, 0.4) is 0 Å². The quantitative estimate of drug-likeness (QED) is 0.148. The van der Waals surface area contributed by atoms with Gasteiger partial charge in [0.1, 0.15) is 0 Å². The van der Waals surface area contributed by atoms with Gasteiger partial charge >= 0.3 is 0 Å². The lowest BCUT2D eigenvalue weighted by molar-refractivity contribution is 0.658. The van der Waals surface area contributed by atoms with E-state index in [1.807, 2.05) is 0 Å². The average Bonchev–Trinajstić information content (AvgIpc) is 3.57. The predicted octanol–water partition coefficient (Wildman–Crippen LogP) is 16.2. The van der Waals surface area contributed by atoms with Crippen LogP contribution in [0.1, 0.15) is 62.6 Å². The zero-order valence-corrected chi connectivity index (χ0v) is 35.7. The van der Waals surface area contributed by atoms with Crippen LogP contribution in [0.4, 0.5) is 5.69 Å². The van der Waals surface area contributed by atoms with Gasteiger partial charge in [-0.25, -0.2) is 0 Å². The van der Waals surface area contributed by atoms with E-state index in [0.717, 1.165) is 32.1 Å². The Labute approximate surface area is 367 Å². The van der Waals surface area contributed by atoms with Gasteiger partial charge in [0.15, 0.2) is 0 Å². The highest BCUT2D eigenvalue weighted by molar-refractivity contribution is 6.03. The normalized spacial score (nSPS) is 17.4. The van der Waals surface area contributed by atoms with Crippen LogP contribution >= 0.6 is 0 Å². The maximum atomic E-state index is 2.65. The largest absolute Gasteiger partial charge is 0.338 e. The van der Waals surface area contributed by atoms with E-state index in [0.29, 0.717) is 0 Å². The molecule has 7 aromatic carbocycles. The first kappa shape index (κ1) is 38.0. The van der Waals surface area contributed by atoms with Gasteiger partial charge in [-0.15, -0.1) is 0 Å². The molecule has 0 radical (unpaired) electrons. The molecule has 1 unspecified atom stereocenters. The number of anilines is 1. The Morgan fingerprint density at radius 1 is 0.532 bits per heavy atom. The van der Waals surface area contributed by atoms with Crippen LogP contribution in [0.2, 0.25) is 0 Å². The molecular formula is C61H51N. The summed E-state index contributed by atoms with van der Waals surface area (Å²) in [6.45, 7) is 4.78. The second-order valence-corrected chi connectivity index (χ2v) is 17.8. The van der Waals surface area contributed by atoms with Crippen molar-refractivity contribution in [3.05, 3.63) is 240 Å². The van der Waals surface area contributed by atoms with Crippen LogP contribution in [0.15, 0.2) is 223 Å². The minimum Gasteiger partial charge on any atom is -0.338 e. The Kier molecular flexibility index (Phi) is 9.69. The van der Waals surface area contributed by atoms with Gasteiger partial charge in [-0.1, -0.05) is 202 Å². The highest BCUT2D eigenvalue weighted by atomic mass is 15.2. The summed E-state index contributed by atoms with van der Waals surface area (Å²) in [6, 6.07) is 58.6. The molecule has 1 nitrogen and oxygen atoms in total. The molecule has 7 aromatic rings. The molecule has 0 saturated heterocycles. The van der Waals surface area contributed by atoms with Crippen molar-refractivity contribution in [1.82, 2.24) is 0 Å². The van der Waals surface area contributed by atoms with Gasteiger partial charge in [-0.2, -0.15) is 0 Å². The minimum atomic E-state index is -0.0598. The molecule has 1 heteroatoms. The maximum absolute atomic E-state index is 2.65. The van der Waals surface area contributed by atoms with Crippen molar-refractivity contribution >= 4 is 22.0 Å². The van der Waals surface area contributed by atoms with Gasteiger partial charge in [-0.05, 0) is 139 Å². The summed E-state index contributed by atoms with van der Waals surface area (Å²) in [4.78, 5) is 2.65. The second-order valence-electron chi connectivity index (χ2n) is 17.8. The third-order valence-corrected chi connectivity index (χ3v) is 13.9. The Balaban J connectivity index is 0.935. The van der Waals surface area contributed by atoms with E-state index in [9.17, 15) is 0 Å². The van der Waals surface area contributed by atoms with E-state index in [2.05, 4.69) is 225 Å². The van der Waals surface area contributed by atoms with Crippen molar-refractivity contribution in [2.24, 2.45) is 0 Å². The molecule has 0 spiro atoms. The summed E-state index contributed by atoms with van der Waals surface area (Å²) < 4.78 is 0. The minimum absolute atomic E-state index is 0.0598. The molecule has 0 heterocycles. The van der Waals surface area contributed by atoms with E-state index in [4.69, 9.17) is 0 Å². The second kappa shape index (κ2) is 15.8. The highest BCUT2D eigenvalue weighted by Gasteiger charge is 2.36. The van der Waals surface area contributed by atoms with E-state index < -0.39 is 0 Å². The molecular weight excluding hydrogens is 747 g/mol. The molecule has 4 aliphatic rings. The Hall–Kier alpha value is -6.96.